The first-order valence-electron chi connectivity index (χ1n) is 9.99. The number of hydrogen-bond acceptors (Lipinski definition) is 6. The summed E-state index contributed by atoms with van der Waals surface area (Å²) in [5, 5.41) is 2.07. The predicted octanol–water partition coefficient (Wildman–Crippen LogP) is 5.59. The van der Waals surface area contributed by atoms with Gasteiger partial charge in [-0.1, -0.05) is 41.4 Å². The highest BCUT2D eigenvalue weighted by atomic mass is 35.5. The van der Waals surface area contributed by atoms with E-state index >= 15 is 0 Å². The Morgan fingerprint density at radius 3 is 2.82 bits per heavy atom. The summed E-state index contributed by atoms with van der Waals surface area (Å²) in [5.41, 5.74) is 9.77. The molecular weight excluding hydrogens is 508 g/mol. The van der Waals surface area contributed by atoms with Gasteiger partial charge in [0.15, 0.2) is 5.82 Å². The maximum atomic E-state index is 14.8. The fraction of sp³-hybridized carbons (Fsp3) is 0.227. The zero-order valence-electron chi connectivity index (χ0n) is 17.2. The van der Waals surface area contributed by atoms with Crippen molar-refractivity contribution in [2.24, 2.45) is 11.7 Å². The van der Waals surface area contributed by atoms with Crippen molar-refractivity contribution < 1.29 is 17.5 Å². The van der Waals surface area contributed by atoms with Crippen LogP contribution in [0.5, 0.6) is 5.75 Å². The molecule has 0 radical (unpaired) electrons. The minimum atomic E-state index is -4.21. The number of nitrogens with one attached hydrogen (secondary N) is 1. The third-order valence-electron chi connectivity index (χ3n) is 5.30. The molecule has 2 atom stereocenters. The Labute approximate surface area is 205 Å². The summed E-state index contributed by atoms with van der Waals surface area (Å²) in [7, 11) is -4.21. The highest BCUT2D eigenvalue weighted by molar-refractivity contribution is 7.92. The van der Waals surface area contributed by atoms with Crippen LogP contribution < -0.4 is 15.2 Å². The van der Waals surface area contributed by atoms with E-state index in [-0.39, 0.29) is 35.2 Å². The number of aromatic nitrogens is 1. The zero-order chi connectivity index (χ0) is 23.6. The van der Waals surface area contributed by atoms with E-state index < -0.39 is 20.7 Å². The second-order valence-electron chi connectivity index (χ2n) is 7.52. The van der Waals surface area contributed by atoms with E-state index in [2.05, 4.69) is 15.8 Å². The highest BCUT2D eigenvalue weighted by Gasteiger charge is 2.28. The zero-order valence-corrected chi connectivity index (χ0v) is 20.3. The number of benzene rings is 2. The summed E-state index contributed by atoms with van der Waals surface area (Å²) < 4.78 is 47.9. The Kier molecular flexibility index (Phi) is 7.25. The Morgan fingerprint density at radius 2 is 2.09 bits per heavy atom. The molecule has 0 aliphatic heterocycles. The largest absolute Gasteiger partial charge is 0.491 e. The first-order valence-corrected chi connectivity index (χ1v) is 13.2. The van der Waals surface area contributed by atoms with Gasteiger partial charge in [-0.25, -0.2) is 17.8 Å². The van der Waals surface area contributed by atoms with Crippen LogP contribution in [-0.4, -0.2) is 26.1 Å². The number of rotatable bonds is 7. The van der Waals surface area contributed by atoms with Gasteiger partial charge in [-0.15, -0.1) is 11.3 Å². The molecule has 2 unspecified atom stereocenters. The first-order chi connectivity index (χ1) is 15.7. The monoisotopic (exact) mass is 527 g/mol. The predicted molar refractivity (Wildman–Crippen MR) is 130 cm³/mol. The number of allylic oxidation sites excluding steroid dienone is 1. The van der Waals surface area contributed by atoms with E-state index in [0.717, 1.165) is 36.1 Å². The normalized spacial score (nSPS) is 18.6. The molecule has 0 spiro atoms. The minimum Gasteiger partial charge on any atom is -0.491 e. The van der Waals surface area contributed by atoms with E-state index in [0.29, 0.717) is 5.02 Å². The summed E-state index contributed by atoms with van der Waals surface area (Å²) in [5.74, 6) is -1.03. The van der Waals surface area contributed by atoms with Crippen LogP contribution in [0.4, 0.5) is 10.2 Å². The van der Waals surface area contributed by atoms with E-state index in [9.17, 15) is 12.8 Å². The molecule has 2 aromatic carbocycles. The van der Waals surface area contributed by atoms with Crippen molar-refractivity contribution in [1.29, 1.82) is 0 Å². The Morgan fingerprint density at radius 1 is 1.27 bits per heavy atom. The highest BCUT2D eigenvalue weighted by Crippen LogP contribution is 2.36. The summed E-state index contributed by atoms with van der Waals surface area (Å²) in [4.78, 5) is 3.25. The molecule has 1 aromatic heterocycles. The van der Waals surface area contributed by atoms with Crippen LogP contribution in [0.2, 0.25) is 10.0 Å². The average molecular weight is 528 g/mol. The molecule has 1 heterocycles. The second kappa shape index (κ2) is 9.99. The molecular formula is C22H20Cl2FN3O3S2. The van der Waals surface area contributed by atoms with Crippen molar-refractivity contribution in [2.45, 2.75) is 23.8 Å². The lowest BCUT2D eigenvalue weighted by atomic mass is 9.81. The summed E-state index contributed by atoms with van der Waals surface area (Å²) >= 11 is 13.6. The minimum absolute atomic E-state index is 0.0324. The Hall–Kier alpha value is -2.17. The number of ether oxygens (including phenoxy) is 1. The SMILES string of the molecule is NC1CCC=C(c2cccc(Cl)c2)C1COc1cc(F)c(S(=O)(=O)Nc2cscn2)cc1Cl. The van der Waals surface area contributed by atoms with E-state index in [4.69, 9.17) is 33.7 Å². The molecule has 3 aromatic rings. The van der Waals surface area contributed by atoms with Gasteiger partial charge < -0.3 is 10.5 Å². The molecule has 0 saturated carbocycles. The van der Waals surface area contributed by atoms with Gasteiger partial charge in [-0.05, 0) is 42.2 Å². The van der Waals surface area contributed by atoms with Crippen LogP contribution in [-0.2, 0) is 10.0 Å². The third-order valence-corrected chi connectivity index (χ3v) is 7.79. The van der Waals surface area contributed by atoms with Gasteiger partial charge >= 0.3 is 0 Å². The van der Waals surface area contributed by atoms with Gasteiger partial charge in [0.1, 0.15) is 16.5 Å². The number of hydrogen-bond donors (Lipinski definition) is 2. The van der Waals surface area contributed by atoms with Gasteiger partial charge in [0.2, 0.25) is 0 Å². The van der Waals surface area contributed by atoms with Crippen molar-refractivity contribution in [3.63, 3.8) is 0 Å². The number of nitrogens with zero attached hydrogens (tertiary/aromatic N) is 1. The summed E-state index contributed by atoms with van der Waals surface area (Å²) in [6, 6.07) is 9.28. The molecule has 33 heavy (non-hydrogen) atoms. The van der Waals surface area contributed by atoms with Crippen LogP contribution >= 0.6 is 34.5 Å². The number of halogens is 3. The lowest BCUT2D eigenvalue weighted by Crippen LogP contribution is -2.36. The molecule has 0 bridgehead atoms. The number of nitrogens with two attached hydrogens (primary N) is 1. The van der Waals surface area contributed by atoms with Gasteiger partial charge in [0, 0.05) is 28.4 Å². The molecule has 6 nitrogen and oxygen atoms in total. The van der Waals surface area contributed by atoms with Gasteiger partial charge in [-0.2, -0.15) is 0 Å². The van der Waals surface area contributed by atoms with Gasteiger partial charge in [0.25, 0.3) is 10.0 Å². The molecule has 4 rings (SSSR count). The third kappa shape index (κ3) is 5.50. The Balaban J connectivity index is 1.55. The van der Waals surface area contributed by atoms with Crippen LogP contribution in [0.25, 0.3) is 5.57 Å². The van der Waals surface area contributed by atoms with E-state index in [1.807, 2.05) is 18.2 Å². The lowest BCUT2D eigenvalue weighted by molar-refractivity contribution is 0.252. The topological polar surface area (TPSA) is 94.3 Å². The van der Waals surface area contributed by atoms with E-state index in [1.165, 1.54) is 22.2 Å². The summed E-state index contributed by atoms with van der Waals surface area (Å²) in [6.07, 6.45) is 3.71. The average Bonchev–Trinajstić information content (AvgIpc) is 3.26. The molecule has 0 fully saturated rings. The van der Waals surface area contributed by atoms with Crippen molar-refractivity contribution in [1.82, 2.24) is 4.98 Å². The van der Waals surface area contributed by atoms with Crippen molar-refractivity contribution in [3.05, 3.63) is 74.8 Å². The summed E-state index contributed by atoms with van der Waals surface area (Å²) in [6.45, 7) is 0.141. The first kappa shape index (κ1) is 24.0. The Bertz CT molecular complexity index is 1280. The van der Waals surface area contributed by atoms with Gasteiger partial charge in [0.05, 0.1) is 17.1 Å². The molecule has 174 valence electrons. The molecule has 1 aliphatic carbocycles. The fourth-order valence-electron chi connectivity index (χ4n) is 3.69. The molecule has 0 amide bonds. The lowest BCUT2D eigenvalue weighted by Gasteiger charge is -2.30. The fourth-order valence-corrected chi connectivity index (χ4v) is 5.81. The van der Waals surface area contributed by atoms with Crippen LogP contribution in [0.15, 0.2) is 58.3 Å². The number of anilines is 1. The van der Waals surface area contributed by atoms with Crippen molar-refractivity contribution >= 4 is 56.0 Å². The van der Waals surface area contributed by atoms with Crippen LogP contribution in [0, 0.1) is 11.7 Å². The maximum Gasteiger partial charge on any atom is 0.266 e. The van der Waals surface area contributed by atoms with Crippen LogP contribution in [0.3, 0.4) is 0 Å². The van der Waals surface area contributed by atoms with Gasteiger partial charge in [-0.3, -0.25) is 4.72 Å². The number of sulfonamides is 1. The second-order valence-corrected chi connectivity index (χ2v) is 10.7. The quantitative estimate of drug-likeness (QED) is 0.417. The standard InChI is InChI=1S/C22H20Cl2FN3O3S2/c23-14-4-1-3-13(7-14)15-5-2-6-19(26)16(15)10-31-20-9-18(25)21(8-17(20)24)33(29,30)28-22-11-32-12-27-22/h1,3-5,7-9,11-12,16,19,28H,2,6,10,26H2. The molecule has 1 aliphatic rings. The smallest absolute Gasteiger partial charge is 0.266 e. The molecule has 0 saturated heterocycles. The number of thiazole rings is 1. The van der Waals surface area contributed by atoms with Crippen molar-refractivity contribution in [2.75, 3.05) is 11.3 Å². The van der Waals surface area contributed by atoms with Crippen LogP contribution in [0.1, 0.15) is 18.4 Å². The van der Waals surface area contributed by atoms with Crippen molar-refractivity contribution in [3.8, 4) is 5.75 Å². The van der Waals surface area contributed by atoms with E-state index in [1.54, 1.807) is 6.07 Å². The molecule has 11 heteroatoms. The maximum absolute atomic E-state index is 14.8. The molecule has 3 N–H and O–H groups in total.